The zero-order valence-corrected chi connectivity index (χ0v) is 22.0. The number of rotatable bonds is 5. The molecule has 0 unspecified atom stereocenters. The summed E-state index contributed by atoms with van der Waals surface area (Å²) in [7, 11) is 0. The highest BCUT2D eigenvalue weighted by molar-refractivity contribution is 9.10. The van der Waals surface area contributed by atoms with Crippen molar-refractivity contribution < 1.29 is 9.90 Å². The fourth-order valence-electron chi connectivity index (χ4n) is 3.93. The molecule has 0 aromatic heterocycles. The van der Waals surface area contributed by atoms with Crippen molar-refractivity contribution in [3.05, 3.63) is 81.8 Å². The fraction of sp³-hybridized carbons (Fsp3) is 0.345. The van der Waals surface area contributed by atoms with Gasteiger partial charge in [-0.15, -0.1) is 0 Å². The molecule has 0 radical (unpaired) electrons. The Kier molecular flexibility index (Phi) is 7.38. The van der Waals surface area contributed by atoms with E-state index in [2.05, 4.69) is 62.8 Å². The predicted octanol–water partition coefficient (Wildman–Crippen LogP) is 7.99. The van der Waals surface area contributed by atoms with E-state index in [1.165, 1.54) is 0 Å². The molecule has 33 heavy (non-hydrogen) atoms. The van der Waals surface area contributed by atoms with E-state index in [1.54, 1.807) is 0 Å². The van der Waals surface area contributed by atoms with E-state index >= 15 is 0 Å². The minimum absolute atomic E-state index is 0.0257. The molecule has 0 fully saturated rings. The molecule has 0 bridgehead atoms. The molecule has 0 spiro atoms. The molecule has 0 saturated heterocycles. The van der Waals surface area contributed by atoms with Crippen LogP contribution >= 0.6 is 15.9 Å². The molecular weight excluding hydrogens is 474 g/mol. The van der Waals surface area contributed by atoms with Gasteiger partial charge in [0.2, 0.25) is 5.91 Å². The number of halogens is 1. The molecule has 4 heteroatoms. The molecule has 0 saturated carbocycles. The van der Waals surface area contributed by atoms with E-state index < -0.39 is 0 Å². The number of nitrogens with one attached hydrogen (secondary N) is 1. The highest BCUT2D eigenvalue weighted by Crippen LogP contribution is 2.40. The number of amides is 1. The van der Waals surface area contributed by atoms with Gasteiger partial charge in [-0.25, -0.2) is 0 Å². The first-order valence-corrected chi connectivity index (χ1v) is 12.2. The van der Waals surface area contributed by atoms with Crippen molar-refractivity contribution in [2.75, 3.05) is 5.32 Å². The third kappa shape index (κ3) is 6.26. The number of anilines is 1. The number of phenolic OH excluding ortho intramolecular Hbond substituents is 1. The number of benzene rings is 3. The van der Waals surface area contributed by atoms with Crippen LogP contribution in [0.2, 0.25) is 0 Å². The number of phenols is 1. The van der Waals surface area contributed by atoms with Crippen molar-refractivity contribution in [1.82, 2.24) is 0 Å². The number of hydrogen-bond donors (Lipinski definition) is 2. The Hall–Kier alpha value is -2.59. The molecular formula is C29H34BrNO2. The van der Waals surface area contributed by atoms with Crippen LogP contribution in [-0.2, 0) is 22.0 Å². The lowest BCUT2D eigenvalue weighted by Crippen LogP contribution is -2.18. The summed E-state index contributed by atoms with van der Waals surface area (Å²) in [5, 5.41) is 14.0. The highest BCUT2D eigenvalue weighted by atomic mass is 79.9. The first-order valence-electron chi connectivity index (χ1n) is 11.4. The molecule has 3 rings (SSSR count). The zero-order chi connectivity index (χ0) is 24.4. The summed E-state index contributed by atoms with van der Waals surface area (Å²) in [6, 6.07) is 20.0. The Morgan fingerprint density at radius 1 is 0.879 bits per heavy atom. The lowest BCUT2D eigenvalue weighted by Gasteiger charge is -2.28. The second kappa shape index (κ2) is 9.72. The summed E-state index contributed by atoms with van der Waals surface area (Å²) in [5.74, 6) is 0.342. The maximum Gasteiger partial charge on any atom is 0.224 e. The Bertz CT molecular complexity index is 1100. The molecule has 3 aromatic carbocycles. The third-order valence-electron chi connectivity index (χ3n) is 5.78. The number of para-hydroxylation sites is 1. The molecule has 0 aliphatic rings. The Morgan fingerprint density at radius 3 is 1.97 bits per heavy atom. The van der Waals surface area contributed by atoms with Gasteiger partial charge < -0.3 is 10.4 Å². The first-order chi connectivity index (χ1) is 15.4. The smallest absolute Gasteiger partial charge is 0.224 e. The van der Waals surface area contributed by atoms with Gasteiger partial charge >= 0.3 is 0 Å². The Morgan fingerprint density at radius 2 is 1.42 bits per heavy atom. The van der Waals surface area contributed by atoms with E-state index in [0.717, 1.165) is 38.0 Å². The van der Waals surface area contributed by atoms with E-state index in [-0.39, 0.29) is 16.7 Å². The van der Waals surface area contributed by atoms with Crippen molar-refractivity contribution in [3.63, 3.8) is 0 Å². The molecule has 0 atom stereocenters. The Labute approximate surface area is 206 Å². The van der Waals surface area contributed by atoms with Crippen LogP contribution in [0.15, 0.2) is 65.1 Å². The van der Waals surface area contributed by atoms with Crippen LogP contribution in [0, 0.1) is 0 Å². The van der Waals surface area contributed by atoms with Gasteiger partial charge in [-0.05, 0) is 57.7 Å². The lowest BCUT2D eigenvalue weighted by atomic mass is 9.78. The van der Waals surface area contributed by atoms with Crippen LogP contribution < -0.4 is 5.32 Å². The van der Waals surface area contributed by atoms with Crippen LogP contribution in [0.1, 0.15) is 64.7 Å². The fourth-order valence-corrected chi connectivity index (χ4v) is 4.19. The summed E-state index contributed by atoms with van der Waals surface area (Å²) in [4.78, 5) is 12.9. The number of carbonyl (C=O) groups excluding carboxylic acids is 1. The minimum atomic E-state index is -0.189. The van der Waals surface area contributed by atoms with Gasteiger partial charge in [-0.2, -0.15) is 0 Å². The molecule has 1 amide bonds. The maximum atomic E-state index is 12.9. The monoisotopic (exact) mass is 507 g/mol. The third-order valence-corrected chi connectivity index (χ3v) is 6.31. The van der Waals surface area contributed by atoms with E-state index in [4.69, 9.17) is 0 Å². The summed E-state index contributed by atoms with van der Waals surface area (Å²) < 4.78 is 1.02. The summed E-state index contributed by atoms with van der Waals surface area (Å²) in [6.07, 6.45) is 0.978. The molecule has 0 aliphatic heterocycles. The molecule has 0 heterocycles. The standard InChI is InChI=1S/C29H34BrNO2/c1-28(2,3)23-17-19(18-24(27(23)33)29(4,5)6)11-16-26(32)31-25-10-8-7-9-22(25)20-12-14-21(30)15-13-20/h7-10,12-15,17-18,33H,11,16H2,1-6H3,(H,31,32). The van der Waals surface area contributed by atoms with E-state index in [9.17, 15) is 9.90 Å². The lowest BCUT2D eigenvalue weighted by molar-refractivity contribution is -0.116. The maximum absolute atomic E-state index is 12.9. The molecule has 0 aliphatic carbocycles. The van der Waals surface area contributed by atoms with Gasteiger partial charge in [0.1, 0.15) is 5.75 Å². The average molecular weight is 509 g/mol. The van der Waals surface area contributed by atoms with Gasteiger partial charge in [0.05, 0.1) is 0 Å². The number of hydrogen-bond acceptors (Lipinski definition) is 2. The molecule has 3 aromatic rings. The molecule has 174 valence electrons. The van der Waals surface area contributed by atoms with Crippen LogP contribution in [0.25, 0.3) is 11.1 Å². The van der Waals surface area contributed by atoms with Crippen molar-refractivity contribution in [1.29, 1.82) is 0 Å². The minimum Gasteiger partial charge on any atom is -0.507 e. The van der Waals surface area contributed by atoms with E-state index in [0.29, 0.717) is 18.6 Å². The van der Waals surface area contributed by atoms with Gasteiger partial charge in [0.15, 0.2) is 0 Å². The van der Waals surface area contributed by atoms with Crippen LogP contribution in [0.3, 0.4) is 0 Å². The normalized spacial score (nSPS) is 12.0. The van der Waals surface area contributed by atoms with E-state index in [1.807, 2.05) is 60.7 Å². The van der Waals surface area contributed by atoms with Crippen LogP contribution in [0.5, 0.6) is 5.75 Å². The quantitative estimate of drug-likeness (QED) is 0.367. The SMILES string of the molecule is CC(C)(C)c1cc(CCC(=O)Nc2ccccc2-c2ccc(Br)cc2)cc(C(C)(C)C)c1O. The van der Waals surface area contributed by atoms with Gasteiger partial charge in [-0.3, -0.25) is 4.79 Å². The molecule has 3 nitrogen and oxygen atoms in total. The van der Waals surface area contributed by atoms with Crippen molar-refractivity contribution >= 4 is 27.5 Å². The highest BCUT2D eigenvalue weighted by Gasteiger charge is 2.26. The van der Waals surface area contributed by atoms with Crippen molar-refractivity contribution in [2.24, 2.45) is 0 Å². The molecule has 2 N–H and O–H groups in total. The average Bonchev–Trinajstić information content (AvgIpc) is 2.72. The predicted molar refractivity (Wildman–Crippen MR) is 142 cm³/mol. The summed E-state index contributed by atoms with van der Waals surface area (Å²) in [6.45, 7) is 12.6. The second-order valence-electron chi connectivity index (χ2n) is 10.6. The number of carbonyl (C=O) groups is 1. The van der Waals surface area contributed by atoms with Crippen LogP contribution in [0.4, 0.5) is 5.69 Å². The summed E-state index contributed by atoms with van der Waals surface area (Å²) in [5.41, 5.74) is 5.39. The Balaban J connectivity index is 1.80. The van der Waals surface area contributed by atoms with Gasteiger partial charge in [-0.1, -0.05) is 99.9 Å². The largest absolute Gasteiger partial charge is 0.507 e. The van der Waals surface area contributed by atoms with Crippen LogP contribution in [-0.4, -0.2) is 11.0 Å². The number of aryl methyl sites for hydroxylation is 1. The number of aromatic hydroxyl groups is 1. The first kappa shape index (κ1) is 25.0. The van der Waals surface area contributed by atoms with Gasteiger partial charge in [0, 0.05) is 22.1 Å². The second-order valence-corrected chi connectivity index (χ2v) is 11.6. The summed E-state index contributed by atoms with van der Waals surface area (Å²) >= 11 is 3.47. The van der Waals surface area contributed by atoms with Crippen molar-refractivity contribution in [3.8, 4) is 16.9 Å². The topological polar surface area (TPSA) is 49.3 Å². The van der Waals surface area contributed by atoms with Gasteiger partial charge in [0.25, 0.3) is 0 Å². The zero-order valence-electron chi connectivity index (χ0n) is 20.4. The van der Waals surface area contributed by atoms with Crippen molar-refractivity contribution in [2.45, 2.75) is 65.2 Å².